The third-order valence-electron chi connectivity index (χ3n) is 1.35. The third-order valence-corrected chi connectivity index (χ3v) is 2.28. The van der Waals surface area contributed by atoms with Crippen LogP contribution in [0, 0.1) is 0 Å². The lowest BCUT2D eigenvalue weighted by atomic mass is 10.1. The number of sulfonamides is 1. The Morgan fingerprint density at radius 2 is 2.00 bits per heavy atom. The first-order valence-electron chi connectivity index (χ1n) is 4.05. The Hall–Kier alpha value is -0.880. The fourth-order valence-electron chi connectivity index (χ4n) is 0.918. The molecule has 0 atom stereocenters. The molecule has 0 spiro atoms. The van der Waals surface area contributed by atoms with Crippen LogP contribution in [0.5, 0.6) is 0 Å². The number of hydrogen-bond donors (Lipinski definition) is 2. The van der Waals surface area contributed by atoms with Gasteiger partial charge in [0, 0.05) is 12.1 Å². The highest BCUT2D eigenvalue weighted by atomic mass is 32.2. The van der Waals surface area contributed by atoms with Gasteiger partial charge in [0.2, 0.25) is 15.9 Å². The maximum atomic E-state index is 10.9. The van der Waals surface area contributed by atoms with E-state index in [0.29, 0.717) is 0 Å². The van der Waals surface area contributed by atoms with E-state index >= 15 is 0 Å². The normalized spacial score (nSPS) is 12.2. The summed E-state index contributed by atoms with van der Waals surface area (Å²) in [6, 6.07) is 0. The SMILES string of the molecule is C=CC(=O)NCC(C)(C)NS(C)(=O)=O. The minimum absolute atomic E-state index is 0.213. The number of carbonyl (C=O) groups excluding carboxylic acids is 1. The van der Waals surface area contributed by atoms with Gasteiger partial charge < -0.3 is 5.32 Å². The van der Waals surface area contributed by atoms with Crippen LogP contribution in [0.4, 0.5) is 0 Å². The molecule has 82 valence electrons. The van der Waals surface area contributed by atoms with Gasteiger partial charge >= 0.3 is 0 Å². The molecule has 0 radical (unpaired) electrons. The first-order valence-corrected chi connectivity index (χ1v) is 5.95. The van der Waals surface area contributed by atoms with E-state index in [2.05, 4.69) is 16.6 Å². The summed E-state index contributed by atoms with van der Waals surface area (Å²) in [5, 5.41) is 2.51. The van der Waals surface area contributed by atoms with Crippen molar-refractivity contribution in [1.29, 1.82) is 0 Å². The second-order valence-electron chi connectivity index (χ2n) is 3.68. The highest BCUT2D eigenvalue weighted by Gasteiger charge is 2.22. The molecule has 0 aliphatic heterocycles. The molecule has 0 rings (SSSR count). The molecule has 0 aliphatic carbocycles. The molecular weight excluding hydrogens is 204 g/mol. The van der Waals surface area contributed by atoms with Crippen molar-refractivity contribution >= 4 is 15.9 Å². The van der Waals surface area contributed by atoms with Crippen molar-refractivity contribution in [2.24, 2.45) is 0 Å². The maximum absolute atomic E-state index is 10.9. The molecule has 1 amide bonds. The number of amides is 1. The van der Waals surface area contributed by atoms with Crippen LogP contribution in [0.25, 0.3) is 0 Å². The summed E-state index contributed by atoms with van der Waals surface area (Å²) in [6.45, 7) is 6.85. The molecule has 0 aliphatic rings. The Morgan fingerprint density at radius 1 is 1.50 bits per heavy atom. The second-order valence-corrected chi connectivity index (χ2v) is 5.43. The molecule has 5 nitrogen and oxygen atoms in total. The lowest BCUT2D eigenvalue weighted by Gasteiger charge is -2.24. The lowest BCUT2D eigenvalue weighted by molar-refractivity contribution is -0.116. The predicted molar refractivity (Wildman–Crippen MR) is 55.3 cm³/mol. The molecule has 0 aromatic carbocycles. The summed E-state index contributed by atoms with van der Waals surface area (Å²) in [7, 11) is -3.26. The van der Waals surface area contributed by atoms with Crippen LogP contribution in [-0.4, -0.2) is 32.7 Å². The predicted octanol–water partition coefficient (Wildman–Crippen LogP) is -0.384. The highest BCUT2D eigenvalue weighted by molar-refractivity contribution is 7.88. The van der Waals surface area contributed by atoms with Crippen molar-refractivity contribution in [3.8, 4) is 0 Å². The molecule has 2 N–H and O–H groups in total. The third kappa shape index (κ3) is 6.62. The number of nitrogens with one attached hydrogen (secondary N) is 2. The number of hydrogen-bond acceptors (Lipinski definition) is 3. The molecule has 0 heterocycles. The monoisotopic (exact) mass is 220 g/mol. The summed E-state index contributed by atoms with van der Waals surface area (Å²) in [5.41, 5.74) is -0.702. The summed E-state index contributed by atoms with van der Waals surface area (Å²) >= 11 is 0. The van der Waals surface area contributed by atoms with Crippen LogP contribution < -0.4 is 10.0 Å². The average molecular weight is 220 g/mol. The van der Waals surface area contributed by atoms with Crippen LogP contribution >= 0.6 is 0 Å². The van der Waals surface area contributed by atoms with E-state index in [1.807, 2.05) is 0 Å². The van der Waals surface area contributed by atoms with Crippen LogP contribution in [0.2, 0.25) is 0 Å². The van der Waals surface area contributed by atoms with Gasteiger partial charge in [-0.25, -0.2) is 13.1 Å². The van der Waals surface area contributed by atoms with Crippen molar-refractivity contribution in [3.05, 3.63) is 12.7 Å². The Kier molecular flexibility index (Phi) is 4.28. The average Bonchev–Trinajstić information content (AvgIpc) is 1.96. The van der Waals surface area contributed by atoms with Gasteiger partial charge in [-0.1, -0.05) is 6.58 Å². The smallest absolute Gasteiger partial charge is 0.243 e. The zero-order chi connectivity index (χ0) is 11.4. The van der Waals surface area contributed by atoms with Crippen molar-refractivity contribution < 1.29 is 13.2 Å². The van der Waals surface area contributed by atoms with Crippen molar-refractivity contribution in [2.45, 2.75) is 19.4 Å². The van der Waals surface area contributed by atoms with E-state index in [1.165, 1.54) is 0 Å². The molecular formula is C8H16N2O3S. The zero-order valence-electron chi connectivity index (χ0n) is 8.62. The Bertz CT molecular complexity index is 319. The Morgan fingerprint density at radius 3 is 2.36 bits per heavy atom. The van der Waals surface area contributed by atoms with E-state index in [-0.39, 0.29) is 12.5 Å². The quantitative estimate of drug-likeness (QED) is 0.620. The molecule has 14 heavy (non-hydrogen) atoms. The molecule has 0 aromatic rings. The van der Waals surface area contributed by atoms with Gasteiger partial charge in [-0.15, -0.1) is 0 Å². The summed E-state index contributed by atoms with van der Waals surface area (Å²) in [4.78, 5) is 10.8. The van der Waals surface area contributed by atoms with Gasteiger partial charge in [0.15, 0.2) is 0 Å². The summed E-state index contributed by atoms with van der Waals surface area (Å²) in [6.07, 6.45) is 2.21. The van der Waals surface area contributed by atoms with Crippen LogP contribution in [0.15, 0.2) is 12.7 Å². The van der Waals surface area contributed by atoms with Crippen LogP contribution in [0.3, 0.4) is 0 Å². The minimum atomic E-state index is -3.26. The molecule has 0 bridgehead atoms. The second kappa shape index (κ2) is 4.56. The van der Waals surface area contributed by atoms with E-state index in [1.54, 1.807) is 13.8 Å². The molecule has 0 saturated carbocycles. The van der Waals surface area contributed by atoms with E-state index < -0.39 is 15.6 Å². The minimum Gasteiger partial charge on any atom is -0.351 e. The van der Waals surface area contributed by atoms with E-state index in [9.17, 15) is 13.2 Å². The zero-order valence-corrected chi connectivity index (χ0v) is 9.44. The molecule has 0 saturated heterocycles. The van der Waals surface area contributed by atoms with Crippen molar-refractivity contribution in [1.82, 2.24) is 10.0 Å². The fourth-order valence-corrected chi connectivity index (χ4v) is 1.99. The molecule has 6 heteroatoms. The largest absolute Gasteiger partial charge is 0.351 e. The summed E-state index contributed by atoms with van der Waals surface area (Å²) < 4.78 is 24.2. The number of rotatable bonds is 5. The van der Waals surface area contributed by atoms with Gasteiger partial charge in [0.25, 0.3) is 0 Å². The first kappa shape index (κ1) is 13.1. The highest BCUT2D eigenvalue weighted by Crippen LogP contribution is 2.01. The summed E-state index contributed by atoms with van der Waals surface area (Å²) in [5.74, 6) is -0.326. The standard InChI is InChI=1S/C8H16N2O3S/c1-5-7(11)9-6-8(2,3)10-14(4,12)13/h5,10H,1,6H2,2-4H3,(H,9,11). The maximum Gasteiger partial charge on any atom is 0.243 e. The van der Waals surface area contributed by atoms with Crippen molar-refractivity contribution in [3.63, 3.8) is 0 Å². The van der Waals surface area contributed by atoms with Gasteiger partial charge in [-0.3, -0.25) is 4.79 Å². The van der Waals surface area contributed by atoms with Gasteiger partial charge in [0.1, 0.15) is 0 Å². The van der Waals surface area contributed by atoms with Gasteiger partial charge in [-0.05, 0) is 19.9 Å². The Balaban J connectivity index is 4.21. The number of carbonyl (C=O) groups is 1. The molecule has 0 unspecified atom stereocenters. The van der Waals surface area contributed by atoms with E-state index in [0.717, 1.165) is 12.3 Å². The lowest BCUT2D eigenvalue weighted by Crippen LogP contribution is -2.50. The van der Waals surface area contributed by atoms with Gasteiger partial charge in [0.05, 0.1) is 6.26 Å². The van der Waals surface area contributed by atoms with Crippen molar-refractivity contribution in [2.75, 3.05) is 12.8 Å². The molecule has 0 aromatic heterocycles. The molecule has 0 fully saturated rings. The van der Waals surface area contributed by atoms with Gasteiger partial charge in [-0.2, -0.15) is 0 Å². The van der Waals surface area contributed by atoms with E-state index in [4.69, 9.17) is 0 Å². The first-order chi connectivity index (χ1) is 6.16. The topological polar surface area (TPSA) is 75.3 Å². The van der Waals surface area contributed by atoms with Crippen LogP contribution in [0.1, 0.15) is 13.8 Å². The Labute approximate surface area is 84.6 Å². The van der Waals surface area contributed by atoms with Crippen LogP contribution in [-0.2, 0) is 14.8 Å². The fraction of sp³-hybridized carbons (Fsp3) is 0.625.